The first-order valence-corrected chi connectivity index (χ1v) is 8.36. The van der Waals surface area contributed by atoms with Crippen molar-refractivity contribution < 1.29 is 4.79 Å². The van der Waals surface area contributed by atoms with Crippen molar-refractivity contribution in [3.8, 4) is 0 Å². The Bertz CT molecular complexity index is 483. The van der Waals surface area contributed by atoms with E-state index in [0.717, 1.165) is 45.0 Å². The fraction of sp³-hybridized carbons (Fsp3) is 0.750. The maximum atomic E-state index is 13.1. The minimum atomic E-state index is -0.0316. The minimum Gasteiger partial charge on any atom is -0.336 e. The standard InChI is InChI=1S/C16H29N5O/c1-5-13(20(6-2)7-3)16(22)21-11-8-17-12-14(21)15-18-9-10-19(15)4/h9-10,13-14,17H,5-8,11-12H2,1-4H3. The summed E-state index contributed by atoms with van der Waals surface area (Å²) in [6.07, 6.45) is 4.58. The molecule has 1 aromatic rings. The molecular weight excluding hydrogens is 278 g/mol. The van der Waals surface area contributed by atoms with Gasteiger partial charge in [0, 0.05) is 39.1 Å². The zero-order chi connectivity index (χ0) is 16.1. The van der Waals surface area contributed by atoms with Crippen LogP contribution in [0.4, 0.5) is 0 Å². The van der Waals surface area contributed by atoms with Gasteiger partial charge >= 0.3 is 0 Å². The van der Waals surface area contributed by atoms with Crippen molar-refractivity contribution >= 4 is 5.91 Å². The van der Waals surface area contributed by atoms with Gasteiger partial charge in [-0.05, 0) is 19.5 Å². The van der Waals surface area contributed by atoms with Gasteiger partial charge in [0.2, 0.25) is 5.91 Å². The fourth-order valence-electron chi connectivity index (χ4n) is 3.34. The molecule has 0 aliphatic carbocycles. The maximum Gasteiger partial charge on any atom is 0.240 e. The molecule has 1 amide bonds. The molecule has 2 unspecified atom stereocenters. The monoisotopic (exact) mass is 307 g/mol. The van der Waals surface area contributed by atoms with Gasteiger partial charge in [0.05, 0.1) is 6.04 Å². The zero-order valence-corrected chi connectivity index (χ0v) is 14.2. The molecule has 1 fully saturated rings. The van der Waals surface area contributed by atoms with E-state index in [2.05, 4.69) is 36.0 Å². The number of aryl methyl sites for hydroxylation is 1. The summed E-state index contributed by atoms with van der Waals surface area (Å²) in [5, 5.41) is 3.39. The number of amides is 1. The second-order valence-corrected chi connectivity index (χ2v) is 5.79. The molecule has 1 aliphatic heterocycles. The van der Waals surface area contributed by atoms with Crippen molar-refractivity contribution in [3.05, 3.63) is 18.2 Å². The Balaban J connectivity index is 2.23. The van der Waals surface area contributed by atoms with Crippen LogP contribution in [0.3, 0.4) is 0 Å². The molecule has 2 heterocycles. The van der Waals surface area contributed by atoms with E-state index in [1.54, 1.807) is 6.20 Å². The molecule has 0 radical (unpaired) electrons. The Morgan fingerprint density at radius 1 is 1.45 bits per heavy atom. The second kappa shape index (κ2) is 7.74. The lowest BCUT2D eigenvalue weighted by Gasteiger charge is -2.40. The molecule has 0 aromatic carbocycles. The summed E-state index contributed by atoms with van der Waals surface area (Å²) >= 11 is 0. The molecule has 124 valence electrons. The van der Waals surface area contributed by atoms with Crippen LogP contribution >= 0.6 is 0 Å². The summed E-state index contributed by atoms with van der Waals surface area (Å²) in [7, 11) is 1.99. The van der Waals surface area contributed by atoms with Crippen LogP contribution in [0.1, 0.15) is 39.1 Å². The highest BCUT2D eigenvalue weighted by atomic mass is 16.2. The Hall–Kier alpha value is -1.40. The smallest absolute Gasteiger partial charge is 0.240 e. The topological polar surface area (TPSA) is 53.4 Å². The van der Waals surface area contributed by atoms with Gasteiger partial charge in [-0.2, -0.15) is 0 Å². The number of hydrogen-bond acceptors (Lipinski definition) is 4. The molecule has 0 bridgehead atoms. The van der Waals surface area contributed by atoms with E-state index < -0.39 is 0 Å². The number of imidazole rings is 1. The van der Waals surface area contributed by atoms with Gasteiger partial charge in [-0.25, -0.2) is 4.98 Å². The van der Waals surface area contributed by atoms with E-state index in [9.17, 15) is 4.79 Å². The van der Waals surface area contributed by atoms with Crippen molar-refractivity contribution in [2.75, 3.05) is 32.7 Å². The van der Waals surface area contributed by atoms with Crippen LogP contribution in [0.5, 0.6) is 0 Å². The average molecular weight is 307 g/mol. The molecule has 0 spiro atoms. The molecule has 22 heavy (non-hydrogen) atoms. The van der Waals surface area contributed by atoms with E-state index >= 15 is 0 Å². The maximum absolute atomic E-state index is 13.1. The lowest BCUT2D eigenvalue weighted by Crippen LogP contribution is -2.55. The number of nitrogens with zero attached hydrogens (tertiary/aromatic N) is 4. The molecule has 1 aromatic heterocycles. The Morgan fingerprint density at radius 2 is 2.18 bits per heavy atom. The first-order valence-electron chi connectivity index (χ1n) is 8.36. The number of carbonyl (C=O) groups is 1. The van der Waals surface area contributed by atoms with Gasteiger partial charge in [-0.15, -0.1) is 0 Å². The zero-order valence-electron chi connectivity index (χ0n) is 14.2. The van der Waals surface area contributed by atoms with Crippen LogP contribution in [-0.2, 0) is 11.8 Å². The lowest BCUT2D eigenvalue weighted by molar-refractivity contribution is -0.140. The predicted octanol–water partition coefficient (Wildman–Crippen LogP) is 1.01. The van der Waals surface area contributed by atoms with Crippen LogP contribution in [0.2, 0.25) is 0 Å². The number of hydrogen-bond donors (Lipinski definition) is 1. The van der Waals surface area contributed by atoms with E-state index in [4.69, 9.17) is 0 Å². The molecule has 2 rings (SSSR count). The molecule has 1 N–H and O–H groups in total. The van der Waals surface area contributed by atoms with E-state index in [1.807, 2.05) is 22.7 Å². The first kappa shape index (κ1) is 17.0. The van der Waals surface area contributed by atoms with Gasteiger partial charge in [0.15, 0.2) is 0 Å². The van der Waals surface area contributed by atoms with Gasteiger partial charge in [0.1, 0.15) is 11.9 Å². The third kappa shape index (κ3) is 3.33. The van der Waals surface area contributed by atoms with Gasteiger partial charge in [-0.1, -0.05) is 20.8 Å². The quantitative estimate of drug-likeness (QED) is 0.852. The summed E-state index contributed by atoms with van der Waals surface area (Å²) < 4.78 is 2.01. The Labute approximate surface area is 133 Å². The molecule has 1 aliphatic rings. The third-order valence-electron chi connectivity index (χ3n) is 4.61. The summed E-state index contributed by atoms with van der Waals surface area (Å²) in [6.45, 7) is 10.5. The number of nitrogens with one attached hydrogen (secondary N) is 1. The highest BCUT2D eigenvalue weighted by Gasteiger charge is 2.35. The number of rotatable bonds is 6. The van der Waals surface area contributed by atoms with Crippen LogP contribution in [0, 0.1) is 0 Å². The van der Waals surface area contributed by atoms with Crippen molar-refractivity contribution in [2.24, 2.45) is 7.05 Å². The minimum absolute atomic E-state index is 0.0193. The van der Waals surface area contributed by atoms with E-state index in [1.165, 1.54) is 0 Å². The summed E-state index contributed by atoms with van der Waals surface area (Å²) in [6, 6.07) is -0.0123. The Morgan fingerprint density at radius 3 is 2.73 bits per heavy atom. The predicted molar refractivity (Wildman–Crippen MR) is 87.5 cm³/mol. The fourth-order valence-corrected chi connectivity index (χ4v) is 3.34. The van der Waals surface area contributed by atoms with E-state index in [0.29, 0.717) is 0 Å². The summed E-state index contributed by atoms with van der Waals surface area (Å²) in [5.41, 5.74) is 0. The number of carbonyl (C=O) groups excluding carboxylic acids is 1. The molecule has 2 atom stereocenters. The number of likely N-dealkylation sites (N-methyl/N-ethyl adjacent to an activating group) is 1. The highest BCUT2D eigenvalue weighted by molar-refractivity contribution is 5.82. The molecular formula is C16H29N5O. The normalized spacial score (nSPS) is 20.4. The van der Waals surface area contributed by atoms with Gasteiger partial charge in [-0.3, -0.25) is 9.69 Å². The van der Waals surface area contributed by atoms with Crippen molar-refractivity contribution in [2.45, 2.75) is 39.3 Å². The molecule has 1 saturated heterocycles. The highest BCUT2D eigenvalue weighted by Crippen LogP contribution is 2.23. The average Bonchev–Trinajstić information content (AvgIpc) is 2.97. The lowest BCUT2D eigenvalue weighted by atomic mass is 10.1. The Kier molecular flexibility index (Phi) is 5.97. The third-order valence-corrected chi connectivity index (χ3v) is 4.61. The van der Waals surface area contributed by atoms with Crippen molar-refractivity contribution in [1.29, 1.82) is 0 Å². The largest absolute Gasteiger partial charge is 0.336 e. The van der Waals surface area contributed by atoms with Gasteiger partial charge in [0.25, 0.3) is 0 Å². The molecule has 6 heteroatoms. The number of aromatic nitrogens is 2. The van der Waals surface area contributed by atoms with Crippen molar-refractivity contribution in [1.82, 2.24) is 24.7 Å². The van der Waals surface area contributed by atoms with Crippen LogP contribution in [0.15, 0.2) is 12.4 Å². The van der Waals surface area contributed by atoms with E-state index in [-0.39, 0.29) is 18.0 Å². The van der Waals surface area contributed by atoms with Crippen LogP contribution in [-0.4, -0.2) is 64.0 Å². The summed E-state index contributed by atoms with van der Waals surface area (Å²) in [4.78, 5) is 21.9. The van der Waals surface area contributed by atoms with Crippen LogP contribution < -0.4 is 5.32 Å². The summed E-state index contributed by atoms with van der Waals surface area (Å²) in [5.74, 6) is 1.19. The SMILES string of the molecule is CCC(C(=O)N1CCNCC1c1nccn1C)N(CC)CC. The number of piperazine rings is 1. The van der Waals surface area contributed by atoms with Crippen molar-refractivity contribution in [3.63, 3.8) is 0 Å². The van der Waals surface area contributed by atoms with Gasteiger partial charge < -0.3 is 14.8 Å². The molecule has 6 nitrogen and oxygen atoms in total. The first-order chi connectivity index (χ1) is 10.6. The second-order valence-electron chi connectivity index (χ2n) is 5.79. The van der Waals surface area contributed by atoms with Crippen LogP contribution in [0.25, 0.3) is 0 Å². The molecule has 0 saturated carbocycles.